The number of likely N-dealkylation sites (tertiary alicyclic amines) is 1. The lowest BCUT2D eigenvalue weighted by atomic mass is 9.87. The molecule has 2 N–H and O–H groups in total. The van der Waals surface area contributed by atoms with Crippen LogP contribution in [0.3, 0.4) is 0 Å². The van der Waals surface area contributed by atoms with Gasteiger partial charge in [0.25, 0.3) is 0 Å². The number of hydrogen-bond donors (Lipinski definition) is 2. The van der Waals surface area contributed by atoms with Crippen LogP contribution in [0.2, 0.25) is 5.02 Å². The summed E-state index contributed by atoms with van der Waals surface area (Å²) in [5.41, 5.74) is 0.840. The van der Waals surface area contributed by atoms with Gasteiger partial charge in [0.2, 0.25) is 5.91 Å². The number of rotatable bonds is 4. The molecule has 6 heteroatoms. The van der Waals surface area contributed by atoms with Crippen LogP contribution >= 0.6 is 11.6 Å². The van der Waals surface area contributed by atoms with E-state index in [9.17, 15) is 14.7 Å². The third-order valence-electron chi connectivity index (χ3n) is 4.93. The molecule has 23 heavy (non-hydrogen) atoms. The van der Waals surface area contributed by atoms with Gasteiger partial charge in [-0.15, -0.1) is 0 Å². The Morgan fingerprint density at radius 1 is 1.13 bits per heavy atom. The summed E-state index contributed by atoms with van der Waals surface area (Å²) in [5, 5.41) is 20.0. The van der Waals surface area contributed by atoms with E-state index in [0.717, 1.165) is 18.4 Å². The number of carboxylic acids is 1. The zero-order valence-electron chi connectivity index (χ0n) is 12.7. The SMILES string of the molecule is O=C(O)[C@@H]1C[C@H]1C(=O)N1CCC([C@@H](O)c2ccc(Cl)cc2)CC1. The smallest absolute Gasteiger partial charge is 0.307 e. The van der Waals surface area contributed by atoms with Crippen LogP contribution in [-0.2, 0) is 9.59 Å². The van der Waals surface area contributed by atoms with Gasteiger partial charge in [-0.1, -0.05) is 23.7 Å². The van der Waals surface area contributed by atoms with E-state index in [4.69, 9.17) is 16.7 Å². The van der Waals surface area contributed by atoms with Crippen molar-refractivity contribution in [3.8, 4) is 0 Å². The molecular weight excluding hydrogens is 318 g/mol. The van der Waals surface area contributed by atoms with Gasteiger partial charge >= 0.3 is 5.97 Å². The number of benzene rings is 1. The first kappa shape index (κ1) is 16.3. The van der Waals surface area contributed by atoms with Crippen molar-refractivity contribution in [2.45, 2.75) is 25.4 Å². The molecule has 1 heterocycles. The largest absolute Gasteiger partial charge is 0.481 e. The van der Waals surface area contributed by atoms with Gasteiger partial charge in [0.05, 0.1) is 17.9 Å². The van der Waals surface area contributed by atoms with Crippen molar-refractivity contribution in [2.75, 3.05) is 13.1 Å². The zero-order valence-corrected chi connectivity index (χ0v) is 13.4. The van der Waals surface area contributed by atoms with Crippen LogP contribution in [0.1, 0.15) is 30.9 Å². The quantitative estimate of drug-likeness (QED) is 0.884. The number of carboxylic acid groups (broad SMARTS) is 1. The van der Waals surface area contributed by atoms with Gasteiger partial charge in [0.15, 0.2) is 0 Å². The number of piperidine rings is 1. The molecule has 0 unspecified atom stereocenters. The summed E-state index contributed by atoms with van der Waals surface area (Å²) in [6.45, 7) is 1.16. The molecular formula is C17H20ClNO4. The second-order valence-corrected chi connectivity index (χ2v) is 6.88. The zero-order chi connectivity index (χ0) is 16.6. The summed E-state index contributed by atoms with van der Waals surface area (Å²) in [4.78, 5) is 24.9. The van der Waals surface area contributed by atoms with Gasteiger partial charge in [0.1, 0.15) is 0 Å². The fourth-order valence-electron chi connectivity index (χ4n) is 3.34. The molecule has 1 aromatic rings. The van der Waals surface area contributed by atoms with Crippen molar-refractivity contribution in [1.82, 2.24) is 4.90 Å². The lowest BCUT2D eigenvalue weighted by Gasteiger charge is -2.34. The maximum absolute atomic E-state index is 12.2. The van der Waals surface area contributed by atoms with Gasteiger partial charge in [-0.3, -0.25) is 9.59 Å². The molecule has 0 spiro atoms. The Bertz CT molecular complexity index is 595. The standard InChI is InChI=1S/C17H20ClNO4/c18-12-3-1-10(2-4-12)15(20)11-5-7-19(8-6-11)16(21)13-9-14(13)17(22)23/h1-4,11,13-15,20H,5-9H2,(H,22,23)/t13-,14-,15+/m1/s1. The lowest BCUT2D eigenvalue weighted by molar-refractivity contribution is -0.142. The van der Waals surface area contributed by atoms with Crippen molar-refractivity contribution in [3.63, 3.8) is 0 Å². The van der Waals surface area contributed by atoms with Crippen LogP contribution in [0.25, 0.3) is 0 Å². The van der Waals surface area contributed by atoms with E-state index in [2.05, 4.69) is 0 Å². The normalized spacial score (nSPS) is 25.9. The molecule has 3 rings (SSSR count). The van der Waals surface area contributed by atoms with Gasteiger partial charge in [-0.25, -0.2) is 0 Å². The molecule has 0 radical (unpaired) electrons. The molecule has 1 saturated heterocycles. The maximum Gasteiger partial charge on any atom is 0.307 e. The minimum atomic E-state index is -0.878. The Morgan fingerprint density at radius 3 is 2.26 bits per heavy atom. The molecule has 3 atom stereocenters. The second kappa shape index (κ2) is 6.49. The third kappa shape index (κ3) is 3.51. The number of carbonyl (C=O) groups excluding carboxylic acids is 1. The Labute approximate surface area is 139 Å². The number of hydrogen-bond acceptors (Lipinski definition) is 3. The maximum atomic E-state index is 12.2. The number of carbonyl (C=O) groups is 2. The molecule has 5 nitrogen and oxygen atoms in total. The lowest BCUT2D eigenvalue weighted by Crippen LogP contribution is -2.41. The Kier molecular flexibility index (Phi) is 4.60. The minimum absolute atomic E-state index is 0.0446. The van der Waals surface area contributed by atoms with Crippen LogP contribution in [-0.4, -0.2) is 40.1 Å². The van der Waals surface area contributed by atoms with Crippen LogP contribution in [0, 0.1) is 17.8 Å². The highest BCUT2D eigenvalue weighted by molar-refractivity contribution is 6.30. The van der Waals surface area contributed by atoms with Crippen LogP contribution in [0.5, 0.6) is 0 Å². The van der Waals surface area contributed by atoms with Crippen molar-refractivity contribution < 1.29 is 19.8 Å². The van der Waals surface area contributed by atoms with E-state index in [1.807, 2.05) is 12.1 Å². The molecule has 1 saturated carbocycles. The Hall–Kier alpha value is -1.59. The number of aliphatic carboxylic acids is 1. The van der Waals surface area contributed by atoms with Crippen LogP contribution in [0.4, 0.5) is 0 Å². The molecule has 0 bridgehead atoms. The number of aliphatic hydroxyl groups is 1. The van der Waals surface area contributed by atoms with E-state index in [1.54, 1.807) is 17.0 Å². The van der Waals surface area contributed by atoms with Crippen molar-refractivity contribution >= 4 is 23.5 Å². The average molecular weight is 338 g/mol. The molecule has 1 amide bonds. The fourth-order valence-corrected chi connectivity index (χ4v) is 3.47. The summed E-state index contributed by atoms with van der Waals surface area (Å²) >= 11 is 5.86. The molecule has 1 aromatic carbocycles. The molecule has 2 aliphatic rings. The van der Waals surface area contributed by atoms with Gasteiger partial charge in [-0.05, 0) is 42.9 Å². The Morgan fingerprint density at radius 2 is 1.74 bits per heavy atom. The first-order valence-electron chi connectivity index (χ1n) is 7.92. The van der Waals surface area contributed by atoms with E-state index in [0.29, 0.717) is 24.5 Å². The second-order valence-electron chi connectivity index (χ2n) is 6.45. The first-order chi connectivity index (χ1) is 11.0. The molecule has 2 fully saturated rings. The average Bonchev–Trinajstić information content (AvgIpc) is 3.35. The predicted octanol–water partition coefficient (Wildman–Crippen LogP) is 2.33. The molecule has 124 valence electrons. The Balaban J connectivity index is 1.53. The van der Waals surface area contributed by atoms with Crippen LogP contribution in [0.15, 0.2) is 24.3 Å². The monoisotopic (exact) mass is 337 g/mol. The highest BCUT2D eigenvalue weighted by Gasteiger charge is 2.50. The fraction of sp³-hybridized carbons (Fsp3) is 0.529. The number of halogens is 1. The summed E-state index contributed by atoms with van der Waals surface area (Å²) in [6, 6.07) is 7.17. The summed E-state index contributed by atoms with van der Waals surface area (Å²) in [7, 11) is 0. The van der Waals surface area contributed by atoms with E-state index in [-0.39, 0.29) is 17.7 Å². The van der Waals surface area contributed by atoms with Gasteiger partial charge in [-0.2, -0.15) is 0 Å². The van der Waals surface area contributed by atoms with Crippen molar-refractivity contribution in [2.24, 2.45) is 17.8 Å². The van der Waals surface area contributed by atoms with Crippen LogP contribution < -0.4 is 0 Å². The predicted molar refractivity (Wildman–Crippen MR) is 84.9 cm³/mol. The molecule has 0 aromatic heterocycles. The highest BCUT2D eigenvalue weighted by Crippen LogP contribution is 2.41. The number of aliphatic hydroxyl groups excluding tert-OH is 1. The first-order valence-corrected chi connectivity index (χ1v) is 8.30. The van der Waals surface area contributed by atoms with E-state index < -0.39 is 18.0 Å². The van der Waals surface area contributed by atoms with Gasteiger partial charge in [0, 0.05) is 18.1 Å². The summed E-state index contributed by atoms with van der Waals surface area (Å²) in [6.07, 6.45) is 1.35. The van der Waals surface area contributed by atoms with Gasteiger partial charge < -0.3 is 15.1 Å². The summed E-state index contributed by atoms with van der Waals surface area (Å²) in [5.74, 6) is -1.66. The molecule has 1 aliphatic heterocycles. The van der Waals surface area contributed by atoms with E-state index >= 15 is 0 Å². The summed E-state index contributed by atoms with van der Waals surface area (Å²) < 4.78 is 0. The van der Waals surface area contributed by atoms with Crippen molar-refractivity contribution in [3.05, 3.63) is 34.9 Å². The highest BCUT2D eigenvalue weighted by atomic mass is 35.5. The molecule has 1 aliphatic carbocycles. The third-order valence-corrected chi connectivity index (χ3v) is 5.19. The minimum Gasteiger partial charge on any atom is -0.481 e. The number of amides is 1. The topological polar surface area (TPSA) is 77.8 Å². The van der Waals surface area contributed by atoms with Crippen molar-refractivity contribution in [1.29, 1.82) is 0 Å². The number of nitrogens with zero attached hydrogens (tertiary/aromatic N) is 1. The van der Waals surface area contributed by atoms with E-state index in [1.165, 1.54) is 0 Å².